The van der Waals surface area contributed by atoms with Crippen molar-refractivity contribution in [1.82, 2.24) is 24.7 Å². The van der Waals surface area contributed by atoms with Crippen molar-refractivity contribution in [2.45, 2.75) is 51.8 Å². The molecule has 46 heavy (non-hydrogen) atoms. The summed E-state index contributed by atoms with van der Waals surface area (Å²) >= 11 is 5.93. The molecule has 1 aliphatic carbocycles. The van der Waals surface area contributed by atoms with Gasteiger partial charge in [-0.3, -0.25) is 24.5 Å². The van der Waals surface area contributed by atoms with Crippen molar-refractivity contribution in [2.75, 3.05) is 4.90 Å². The highest BCUT2D eigenvalue weighted by molar-refractivity contribution is 6.30. The number of rotatable bonds is 8. The van der Waals surface area contributed by atoms with E-state index in [1.165, 1.54) is 18.3 Å². The first kappa shape index (κ1) is 29.7. The maximum atomic E-state index is 15.0. The van der Waals surface area contributed by atoms with Crippen LogP contribution in [0.3, 0.4) is 0 Å². The number of fused-ring (bicyclic) bond motifs is 2. The van der Waals surface area contributed by atoms with Gasteiger partial charge in [0.1, 0.15) is 0 Å². The molecule has 5 heterocycles. The molecular weight excluding hydrogens is 616 g/mol. The van der Waals surface area contributed by atoms with Crippen molar-refractivity contribution in [1.29, 1.82) is 0 Å². The standard InChI is InChI=1S/C33H28ClF2N7O3/c1-17-3-9-24(39-13-17)18(2)43-31-23(15-40-43)28(29(30(37)44)25(41-31)11-19-4-5-19)20-6-10-26-27(12-20)46-33(35,36)32(45)42(26)16-22-8-7-21(34)14-38-22/h3,6-10,12-15,18-19H,4-5,11,16H2,1-2H3,(H2,37,44). The quantitative estimate of drug-likeness (QED) is 0.219. The van der Waals surface area contributed by atoms with Gasteiger partial charge >= 0.3 is 12.0 Å². The minimum Gasteiger partial charge on any atom is -0.423 e. The molecule has 1 saturated carbocycles. The number of hydrogen-bond acceptors (Lipinski definition) is 7. The highest BCUT2D eigenvalue weighted by Crippen LogP contribution is 2.45. The van der Waals surface area contributed by atoms with E-state index in [1.807, 2.05) is 26.0 Å². The second-order valence-electron chi connectivity index (χ2n) is 11.7. The smallest absolute Gasteiger partial charge is 0.423 e. The monoisotopic (exact) mass is 643 g/mol. The Labute approximate surface area is 267 Å². The molecule has 1 unspecified atom stereocenters. The second-order valence-corrected chi connectivity index (χ2v) is 12.2. The van der Waals surface area contributed by atoms with E-state index in [9.17, 15) is 9.59 Å². The highest BCUT2D eigenvalue weighted by atomic mass is 35.5. The maximum Gasteiger partial charge on any atom is 0.482 e. The second kappa shape index (κ2) is 11.1. The number of ether oxygens (including phenoxy) is 1. The summed E-state index contributed by atoms with van der Waals surface area (Å²) in [5, 5.41) is 5.52. The Morgan fingerprint density at radius 1 is 1.13 bits per heavy atom. The van der Waals surface area contributed by atoms with Gasteiger partial charge in [0, 0.05) is 23.3 Å². The molecule has 234 valence electrons. The average molecular weight is 644 g/mol. The molecule has 10 nitrogen and oxygen atoms in total. The number of nitrogens with zero attached hydrogens (tertiary/aromatic N) is 6. The molecule has 2 N–H and O–H groups in total. The Kier molecular flexibility index (Phi) is 7.19. The van der Waals surface area contributed by atoms with Crippen LogP contribution in [0.1, 0.15) is 58.8 Å². The normalized spacial score (nSPS) is 16.3. The van der Waals surface area contributed by atoms with Crippen LogP contribution in [0.4, 0.5) is 14.5 Å². The van der Waals surface area contributed by atoms with Gasteiger partial charge in [0.05, 0.1) is 52.1 Å². The summed E-state index contributed by atoms with van der Waals surface area (Å²) in [5.41, 5.74) is 10.2. The van der Waals surface area contributed by atoms with Crippen molar-refractivity contribution in [3.63, 3.8) is 0 Å². The number of carbonyl (C=O) groups is 2. The number of benzene rings is 1. The first-order chi connectivity index (χ1) is 22.0. The number of aryl methyl sites for hydroxylation is 1. The number of anilines is 1. The largest absolute Gasteiger partial charge is 0.482 e. The van der Waals surface area contributed by atoms with E-state index in [0.29, 0.717) is 50.9 Å². The molecule has 1 aromatic carbocycles. The number of primary amides is 1. The zero-order valence-corrected chi connectivity index (χ0v) is 25.6. The van der Waals surface area contributed by atoms with Gasteiger partial charge in [-0.2, -0.15) is 13.9 Å². The lowest BCUT2D eigenvalue weighted by atomic mass is 9.93. The van der Waals surface area contributed by atoms with E-state index in [1.54, 1.807) is 35.3 Å². The van der Waals surface area contributed by atoms with E-state index in [4.69, 9.17) is 27.1 Å². The van der Waals surface area contributed by atoms with Crippen molar-refractivity contribution in [3.8, 4) is 16.9 Å². The van der Waals surface area contributed by atoms with Crippen molar-refractivity contribution in [3.05, 3.63) is 94.3 Å². The molecule has 0 saturated heterocycles. The molecule has 2 aliphatic rings. The van der Waals surface area contributed by atoms with E-state index >= 15 is 8.78 Å². The fourth-order valence-corrected chi connectivity index (χ4v) is 5.90. The fourth-order valence-electron chi connectivity index (χ4n) is 5.79. The Bertz CT molecular complexity index is 2010. The van der Waals surface area contributed by atoms with Crippen LogP contribution in [0, 0.1) is 12.8 Å². The zero-order chi connectivity index (χ0) is 32.3. The van der Waals surface area contributed by atoms with Crippen LogP contribution in [0.5, 0.6) is 5.75 Å². The predicted octanol–water partition coefficient (Wildman–Crippen LogP) is 6.03. The summed E-state index contributed by atoms with van der Waals surface area (Å²) in [6.07, 6.45) is 3.14. The van der Waals surface area contributed by atoms with Crippen molar-refractivity contribution in [2.24, 2.45) is 11.7 Å². The topological polar surface area (TPSA) is 129 Å². The number of aromatic nitrogens is 5. The van der Waals surface area contributed by atoms with Gasteiger partial charge in [-0.1, -0.05) is 23.7 Å². The van der Waals surface area contributed by atoms with Gasteiger partial charge in [-0.25, -0.2) is 9.67 Å². The number of amides is 2. The number of alkyl halides is 2. The predicted molar refractivity (Wildman–Crippen MR) is 167 cm³/mol. The SMILES string of the molecule is Cc1ccc(C(C)n2ncc3c(-c4ccc5c(c4)OC(F)(F)C(=O)N5Cc4ccc(Cl)cn4)c(C(N)=O)c(CC4CC4)nc32)nc1. The number of nitrogens with two attached hydrogens (primary N) is 1. The lowest BCUT2D eigenvalue weighted by Gasteiger charge is -2.33. The van der Waals surface area contributed by atoms with Crippen LogP contribution < -0.4 is 15.4 Å². The van der Waals surface area contributed by atoms with Crippen LogP contribution in [-0.4, -0.2) is 42.7 Å². The van der Waals surface area contributed by atoms with Gasteiger partial charge in [-0.15, -0.1) is 0 Å². The zero-order valence-electron chi connectivity index (χ0n) is 24.9. The Morgan fingerprint density at radius 2 is 1.93 bits per heavy atom. The summed E-state index contributed by atoms with van der Waals surface area (Å²) in [7, 11) is 0. The maximum absolute atomic E-state index is 15.0. The number of carbonyl (C=O) groups excluding carboxylic acids is 2. The molecule has 4 aromatic heterocycles. The van der Waals surface area contributed by atoms with E-state index < -0.39 is 17.9 Å². The third-order valence-electron chi connectivity index (χ3n) is 8.35. The molecule has 0 bridgehead atoms. The number of pyridine rings is 3. The van der Waals surface area contributed by atoms with Gasteiger partial charge in [0.2, 0.25) is 0 Å². The minimum absolute atomic E-state index is 0.121. The van der Waals surface area contributed by atoms with E-state index in [0.717, 1.165) is 29.0 Å². The van der Waals surface area contributed by atoms with E-state index in [2.05, 4.69) is 15.1 Å². The molecule has 5 aromatic rings. The number of hydrogen-bond donors (Lipinski definition) is 1. The summed E-state index contributed by atoms with van der Waals surface area (Å²) in [6.45, 7) is 3.66. The third-order valence-corrected chi connectivity index (χ3v) is 8.58. The van der Waals surface area contributed by atoms with Crippen molar-refractivity contribution < 1.29 is 23.1 Å². The van der Waals surface area contributed by atoms with Crippen LogP contribution in [0.15, 0.2) is 61.1 Å². The molecule has 1 aliphatic heterocycles. The first-order valence-electron chi connectivity index (χ1n) is 14.8. The third kappa shape index (κ3) is 5.32. The Morgan fingerprint density at radius 3 is 2.61 bits per heavy atom. The molecular formula is C33H28ClF2N7O3. The van der Waals surface area contributed by atoms with Gasteiger partial charge < -0.3 is 10.5 Å². The number of halogens is 3. The van der Waals surface area contributed by atoms with Gasteiger partial charge in [0.15, 0.2) is 11.4 Å². The summed E-state index contributed by atoms with van der Waals surface area (Å²) in [6, 6.07) is 11.2. The molecule has 0 spiro atoms. The summed E-state index contributed by atoms with van der Waals surface area (Å²) in [4.78, 5) is 40.5. The molecule has 13 heteroatoms. The van der Waals surface area contributed by atoms with E-state index in [-0.39, 0.29) is 29.6 Å². The molecule has 1 fully saturated rings. The molecule has 1 atom stereocenters. The molecule has 2 amide bonds. The molecule has 7 rings (SSSR count). The highest BCUT2D eigenvalue weighted by Gasteiger charge is 2.50. The Balaban J connectivity index is 1.39. The first-order valence-corrected chi connectivity index (χ1v) is 15.1. The van der Waals surface area contributed by atoms with Gasteiger partial charge in [0.25, 0.3) is 5.91 Å². The van der Waals surface area contributed by atoms with Crippen molar-refractivity contribution >= 4 is 40.1 Å². The average Bonchev–Trinajstić information content (AvgIpc) is 3.74. The fraction of sp³-hybridized carbons (Fsp3) is 0.273. The lowest BCUT2D eigenvalue weighted by molar-refractivity contribution is -0.193. The van der Waals surface area contributed by atoms with Crippen LogP contribution in [-0.2, 0) is 17.8 Å². The van der Waals surface area contributed by atoms with Crippen LogP contribution in [0.2, 0.25) is 5.02 Å². The van der Waals surface area contributed by atoms with Gasteiger partial charge in [-0.05, 0) is 80.5 Å². The minimum atomic E-state index is -4.14. The summed E-state index contributed by atoms with van der Waals surface area (Å²) in [5.74, 6) is -2.11. The summed E-state index contributed by atoms with van der Waals surface area (Å²) < 4.78 is 36.8. The Hall–Kier alpha value is -4.97. The van der Waals surface area contributed by atoms with Crippen LogP contribution >= 0.6 is 11.6 Å². The van der Waals surface area contributed by atoms with Crippen LogP contribution in [0.25, 0.3) is 22.2 Å². The lowest BCUT2D eigenvalue weighted by Crippen LogP contribution is -2.50. The molecule has 0 radical (unpaired) electrons.